The van der Waals surface area contributed by atoms with Crippen molar-refractivity contribution in [2.24, 2.45) is 0 Å². The Bertz CT molecular complexity index is 691. The van der Waals surface area contributed by atoms with Gasteiger partial charge in [-0.1, -0.05) is 11.6 Å². The molecule has 0 aliphatic carbocycles. The van der Waals surface area contributed by atoms with E-state index in [-0.39, 0.29) is 5.91 Å². The smallest absolute Gasteiger partial charge is 0.248 e. The van der Waals surface area contributed by atoms with Gasteiger partial charge in [0, 0.05) is 35.4 Å². The van der Waals surface area contributed by atoms with E-state index in [1.54, 1.807) is 6.08 Å². The van der Waals surface area contributed by atoms with Crippen LogP contribution in [0.15, 0.2) is 42.5 Å². The van der Waals surface area contributed by atoms with Crippen LogP contribution in [0.5, 0.6) is 0 Å². The first kappa shape index (κ1) is 16.1. The standard InChI is InChI=1S/C17H17ClN2O2S/c18-16-7-5-15(23-16)6-8-17(21)19-13-1-3-14(4-2-13)20-9-11-22-12-10-20/h1-8H,9-12H2,(H,19,21). The Morgan fingerprint density at radius 1 is 1.17 bits per heavy atom. The number of carbonyl (C=O) groups is 1. The summed E-state index contributed by atoms with van der Waals surface area (Å²) in [5, 5.41) is 2.85. The van der Waals surface area contributed by atoms with Gasteiger partial charge in [-0.15, -0.1) is 11.3 Å². The number of halogens is 1. The average Bonchev–Trinajstić information content (AvgIpc) is 3.00. The Labute approximate surface area is 144 Å². The molecule has 3 rings (SSSR count). The summed E-state index contributed by atoms with van der Waals surface area (Å²) in [7, 11) is 0. The zero-order chi connectivity index (χ0) is 16.1. The second kappa shape index (κ2) is 7.64. The monoisotopic (exact) mass is 348 g/mol. The van der Waals surface area contributed by atoms with Gasteiger partial charge < -0.3 is 15.0 Å². The highest BCUT2D eigenvalue weighted by molar-refractivity contribution is 7.17. The zero-order valence-corrected chi connectivity index (χ0v) is 14.1. The molecule has 1 saturated heterocycles. The fourth-order valence-corrected chi connectivity index (χ4v) is 3.30. The minimum atomic E-state index is -0.159. The van der Waals surface area contributed by atoms with Gasteiger partial charge in [-0.05, 0) is 42.5 Å². The Kier molecular flexibility index (Phi) is 5.33. The normalized spacial score (nSPS) is 15.1. The highest BCUT2D eigenvalue weighted by atomic mass is 35.5. The molecule has 6 heteroatoms. The van der Waals surface area contributed by atoms with E-state index < -0.39 is 0 Å². The first-order valence-corrected chi connectivity index (χ1v) is 8.57. The molecule has 1 aliphatic heterocycles. The summed E-state index contributed by atoms with van der Waals surface area (Å²) in [6.07, 6.45) is 3.27. The van der Waals surface area contributed by atoms with Crippen LogP contribution in [-0.2, 0) is 9.53 Å². The molecular weight excluding hydrogens is 332 g/mol. The van der Waals surface area contributed by atoms with E-state index in [1.807, 2.05) is 36.4 Å². The quantitative estimate of drug-likeness (QED) is 0.852. The van der Waals surface area contributed by atoms with E-state index in [0.29, 0.717) is 4.34 Å². The number of morpholine rings is 1. The number of thiophene rings is 1. The summed E-state index contributed by atoms with van der Waals surface area (Å²) >= 11 is 7.29. The summed E-state index contributed by atoms with van der Waals surface area (Å²) < 4.78 is 6.06. The molecule has 1 amide bonds. The van der Waals surface area contributed by atoms with Crippen LogP contribution in [0.1, 0.15) is 4.88 Å². The number of nitrogens with zero attached hydrogens (tertiary/aromatic N) is 1. The minimum Gasteiger partial charge on any atom is -0.378 e. The van der Waals surface area contributed by atoms with E-state index in [2.05, 4.69) is 10.2 Å². The fourth-order valence-electron chi connectivity index (χ4n) is 2.34. The molecule has 120 valence electrons. The number of ether oxygens (including phenoxy) is 1. The number of carbonyl (C=O) groups excluding carboxylic acids is 1. The van der Waals surface area contributed by atoms with E-state index in [9.17, 15) is 4.79 Å². The highest BCUT2D eigenvalue weighted by Gasteiger charge is 2.10. The topological polar surface area (TPSA) is 41.6 Å². The SMILES string of the molecule is O=C(C=Cc1ccc(Cl)s1)Nc1ccc(N2CCOCC2)cc1. The molecule has 1 N–H and O–H groups in total. The molecule has 0 unspecified atom stereocenters. The molecule has 0 bridgehead atoms. The van der Waals surface area contributed by atoms with Crippen LogP contribution in [0, 0.1) is 0 Å². The maximum Gasteiger partial charge on any atom is 0.248 e. The summed E-state index contributed by atoms with van der Waals surface area (Å²) in [6, 6.07) is 11.6. The van der Waals surface area contributed by atoms with Crippen LogP contribution < -0.4 is 10.2 Å². The Hall–Kier alpha value is -1.82. The van der Waals surface area contributed by atoms with Gasteiger partial charge in [0.1, 0.15) is 0 Å². The second-order valence-electron chi connectivity index (χ2n) is 5.11. The van der Waals surface area contributed by atoms with Crippen LogP contribution in [0.25, 0.3) is 6.08 Å². The Balaban J connectivity index is 1.57. The van der Waals surface area contributed by atoms with Crippen molar-refractivity contribution in [1.29, 1.82) is 0 Å². The maximum atomic E-state index is 11.9. The lowest BCUT2D eigenvalue weighted by molar-refractivity contribution is -0.111. The Morgan fingerprint density at radius 3 is 2.57 bits per heavy atom. The lowest BCUT2D eigenvalue weighted by Gasteiger charge is -2.28. The summed E-state index contributed by atoms with van der Waals surface area (Å²) in [5.41, 5.74) is 1.93. The van der Waals surface area contributed by atoms with Crippen molar-refractivity contribution in [1.82, 2.24) is 0 Å². The third-order valence-corrected chi connectivity index (χ3v) is 4.70. The molecule has 23 heavy (non-hydrogen) atoms. The predicted octanol–water partition coefficient (Wildman–Crippen LogP) is 3.89. The summed E-state index contributed by atoms with van der Waals surface area (Å²) in [4.78, 5) is 15.2. The van der Waals surface area contributed by atoms with E-state index >= 15 is 0 Å². The average molecular weight is 349 g/mol. The van der Waals surface area contributed by atoms with Crippen molar-refractivity contribution in [3.05, 3.63) is 51.7 Å². The molecule has 1 aliphatic rings. The number of anilines is 2. The second-order valence-corrected chi connectivity index (χ2v) is 6.86. The highest BCUT2D eigenvalue weighted by Crippen LogP contribution is 2.22. The molecule has 1 aromatic heterocycles. The first-order chi connectivity index (χ1) is 11.2. The number of hydrogen-bond donors (Lipinski definition) is 1. The van der Waals surface area contributed by atoms with E-state index in [1.165, 1.54) is 17.4 Å². The van der Waals surface area contributed by atoms with Crippen LogP contribution in [0.2, 0.25) is 4.34 Å². The van der Waals surface area contributed by atoms with Gasteiger partial charge in [-0.2, -0.15) is 0 Å². The lowest BCUT2D eigenvalue weighted by Crippen LogP contribution is -2.36. The van der Waals surface area contributed by atoms with Gasteiger partial charge in [0.15, 0.2) is 0 Å². The van der Waals surface area contributed by atoms with Gasteiger partial charge in [-0.3, -0.25) is 4.79 Å². The van der Waals surface area contributed by atoms with Crippen molar-refractivity contribution in [2.75, 3.05) is 36.5 Å². The van der Waals surface area contributed by atoms with Gasteiger partial charge in [0.25, 0.3) is 0 Å². The van der Waals surface area contributed by atoms with Crippen molar-refractivity contribution < 1.29 is 9.53 Å². The van der Waals surface area contributed by atoms with Crippen molar-refractivity contribution in [3.8, 4) is 0 Å². The molecule has 0 atom stereocenters. The fraction of sp³-hybridized carbons (Fsp3) is 0.235. The molecular formula is C17H17ClN2O2S. The van der Waals surface area contributed by atoms with Crippen LogP contribution in [0.3, 0.4) is 0 Å². The molecule has 4 nitrogen and oxygen atoms in total. The maximum absolute atomic E-state index is 11.9. The minimum absolute atomic E-state index is 0.159. The molecule has 1 fully saturated rings. The number of rotatable bonds is 4. The molecule has 0 saturated carbocycles. The summed E-state index contributed by atoms with van der Waals surface area (Å²) in [6.45, 7) is 3.32. The largest absolute Gasteiger partial charge is 0.378 e. The third kappa shape index (κ3) is 4.58. The first-order valence-electron chi connectivity index (χ1n) is 7.38. The molecule has 0 radical (unpaired) electrons. The van der Waals surface area contributed by atoms with Gasteiger partial charge >= 0.3 is 0 Å². The third-order valence-electron chi connectivity index (χ3n) is 3.50. The Morgan fingerprint density at radius 2 is 1.91 bits per heavy atom. The number of benzene rings is 1. The van der Waals surface area contributed by atoms with Crippen LogP contribution in [0.4, 0.5) is 11.4 Å². The summed E-state index contributed by atoms with van der Waals surface area (Å²) in [5.74, 6) is -0.159. The number of hydrogen-bond acceptors (Lipinski definition) is 4. The number of nitrogens with one attached hydrogen (secondary N) is 1. The van der Waals surface area contributed by atoms with Crippen molar-refractivity contribution >= 4 is 46.3 Å². The zero-order valence-electron chi connectivity index (χ0n) is 12.5. The molecule has 2 heterocycles. The predicted molar refractivity (Wildman–Crippen MR) is 96.5 cm³/mol. The van der Waals surface area contributed by atoms with Gasteiger partial charge in [0.05, 0.1) is 17.6 Å². The van der Waals surface area contributed by atoms with Crippen molar-refractivity contribution in [3.63, 3.8) is 0 Å². The molecule has 0 spiro atoms. The van der Waals surface area contributed by atoms with Gasteiger partial charge in [-0.25, -0.2) is 0 Å². The van der Waals surface area contributed by atoms with Crippen molar-refractivity contribution in [2.45, 2.75) is 0 Å². The van der Waals surface area contributed by atoms with Crippen LogP contribution >= 0.6 is 22.9 Å². The number of amides is 1. The van der Waals surface area contributed by atoms with Crippen LogP contribution in [-0.4, -0.2) is 32.2 Å². The van der Waals surface area contributed by atoms with E-state index in [4.69, 9.17) is 16.3 Å². The molecule has 2 aromatic rings. The molecule has 1 aromatic carbocycles. The van der Waals surface area contributed by atoms with E-state index in [0.717, 1.165) is 42.6 Å². The lowest BCUT2D eigenvalue weighted by atomic mass is 10.2. The van der Waals surface area contributed by atoms with Gasteiger partial charge in [0.2, 0.25) is 5.91 Å².